The molecule has 0 aromatic heterocycles. The van der Waals surface area contributed by atoms with Gasteiger partial charge in [0, 0.05) is 25.5 Å². The van der Waals surface area contributed by atoms with Gasteiger partial charge in [-0.1, -0.05) is 42.5 Å². The van der Waals surface area contributed by atoms with Crippen LogP contribution in [0.5, 0.6) is 5.75 Å². The molecule has 7 heteroatoms. The minimum absolute atomic E-state index is 0.163. The van der Waals surface area contributed by atoms with Crippen molar-refractivity contribution < 1.29 is 14.3 Å². The number of methoxy groups -OCH3 is 1. The molecule has 0 aliphatic heterocycles. The fraction of sp³-hybridized carbons (Fsp3) is 0.200. The summed E-state index contributed by atoms with van der Waals surface area (Å²) in [6, 6.07) is 21.5. The SMILES string of the molecule is COc1ccccc1NC(=O)Nc1ccc(N(C)C)c(C(=O)NC(C)c2ccccc2)c1. The summed E-state index contributed by atoms with van der Waals surface area (Å²) in [7, 11) is 5.28. The maximum atomic E-state index is 13.1. The van der Waals surface area contributed by atoms with Crippen molar-refractivity contribution in [3.63, 3.8) is 0 Å². The zero-order valence-corrected chi connectivity index (χ0v) is 18.7. The Bertz CT molecular complexity index is 1080. The number of para-hydroxylation sites is 2. The Balaban J connectivity index is 1.78. The number of anilines is 3. The van der Waals surface area contributed by atoms with Gasteiger partial charge < -0.3 is 25.6 Å². The highest BCUT2D eigenvalue weighted by Gasteiger charge is 2.17. The van der Waals surface area contributed by atoms with Crippen LogP contribution in [0.4, 0.5) is 21.9 Å². The molecule has 0 saturated heterocycles. The second-order valence-electron chi connectivity index (χ2n) is 7.51. The Morgan fingerprint density at radius 2 is 1.59 bits per heavy atom. The second kappa shape index (κ2) is 10.3. The van der Waals surface area contributed by atoms with Crippen LogP contribution in [-0.2, 0) is 0 Å². The molecule has 3 N–H and O–H groups in total. The molecule has 0 radical (unpaired) electrons. The molecule has 0 aliphatic rings. The molecule has 32 heavy (non-hydrogen) atoms. The third-order valence-electron chi connectivity index (χ3n) is 4.98. The molecule has 0 bridgehead atoms. The van der Waals surface area contributed by atoms with E-state index in [2.05, 4.69) is 16.0 Å². The monoisotopic (exact) mass is 432 g/mol. The van der Waals surface area contributed by atoms with Crippen molar-refractivity contribution in [1.82, 2.24) is 5.32 Å². The number of hydrogen-bond donors (Lipinski definition) is 3. The first-order valence-electron chi connectivity index (χ1n) is 10.3. The number of urea groups is 1. The third-order valence-corrected chi connectivity index (χ3v) is 4.98. The van der Waals surface area contributed by atoms with Gasteiger partial charge in [0.15, 0.2) is 0 Å². The Hall–Kier alpha value is -4.00. The Labute approximate surface area is 188 Å². The van der Waals surface area contributed by atoms with Crippen LogP contribution in [0.2, 0.25) is 0 Å². The van der Waals surface area contributed by atoms with Gasteiger partial charge in [0.2, 0.25) is 0 Å². The molecule has 0 spiro atoms. The molecule has 1 atom stereocenters. The van der Waals surface area contributed by atoms with Crippen LogP contribution >= 0.6 is 0 Å². The van der Waals surface area contributed by atoms with Crippen molar-refractivity contribution in [1.29, 1.82) is 0 Å². The summed E-state index contributed by atoms with van der Waals surface area (Å²) >= 11 is 0. The molecule has 0 aliphatic carbocycles. The number of ether oxygens (including phenoxy) is 1. The molecular weight excluding hydrogens is 404 g/mol. The van der Waals surface area contributed by atoms with E-state index in [1.54, 1.807) is 43.5 Å². The van der Waals surface area contributed by atoms with Crippen LogP contribution in [0.1, 0.15) is 28.9 Å². The first-order chi connectivity index (χ1) is 15.4. The van der Waals surface area contributed by atoms with E-state index in [4.69, 9.17) is 4.74 Å². The minimum atomic E-state index is -0.434. The van der Waals surface area contributed by atoms with Gasteiger partial charge in [-0.2, -0.15) is 0 Å². The van der Waals surface area contributed by atoms with E-state index in [1.165, 1.54) is 0 Å². The first kappa shape index (κ1) is 22.7. The summed E-state index contributed by atoms with van der Waals surface area (Å²) in [6.07, 6.45) is 0. The van der Waals surface area contributed by atoms with E-state index in [1.807, 2.05) is 62.3 Å². The highest BCUT2D eigenvalue weighted by atomic mass is 16.5. The predicted octanol–water partition coefficient (Wildman–Crippen LogP) is 4.90. The van der Waals surface area contributed by atoms with Gasteiger partial charge in [-0.25, -0.2) is 4.79 Å². The third kappa shape index (κ3) is 5.57. The van der Waals surface area contributed by atoms with E-state index >= 15 is 0 Å². The molecule has 1 unspecified atom stereocenters. The lowest BCUT2D eigenvalue weighted by Gasteiger charge is -2.21. The Morgan fingerprint density at radius 3 is 2.28 bits per heavy atom. The Kier molecular flexibility index (Phi) is 7.33. The topological polar surface area (TPSA) is 82.7 Å². The standard InChI is InChI=1S/C25H28N4O3/c1-17(18-10-6-5-7-11-18)26-24(30)20-16-19(14-15-22(20)29(2)3)27-25(31)28-21-12-8-9-13-23(21)32-4/h5-17H,1-4H3,(H,26,30)(H2,27,28,31). The van der Waals surface area contributed by atoms with Crippen molar-refractivity contribution in [2.24, 2.45) is 0 Å². The van der Waals surface area contributed by atoms with Crippen molar-refractivity contribution in [2.45, 2.75) is 13.0 Å². The summed E-state index contributed by atoms with van der Waals surface area (Å²) in [4.78, 5) is 27.5. The van der Waals surface area contributed by atoms with E-state index in [0.29, 0.717) is 22.7 Å². The number of carbonyl (C=O) groups excluding carboxylic acids is 2. The minimum Gasteiger partial charge on any atom is -0.495 e. The quantitative estimate of drug-likeness (QED) is 0.496. The van der Waals surface area contributed by atoms with Crippen LogP contribution < -0.4 is 25.6 Å². The number of benzene rings is 3. The average molecular weight is 433 g/mol. The molecule has 3 aromatic rings. The zero-order valence-electron chi connectivity index (χ0n) is 18.7. The van der Waals surface area contributed by atoms with E-state index in [-0.39, 0.29) is 11.9 Å². The highest BCUT2D eigenvalue weighted by molar-refractivity contribution is 6.04. The van der Waals surface area contributed by atoms with Crippen molar-refractivity contribution in [2.75, 3.05) is 36.7 Å². The van der Waals surface area contributed by atoms with Crippen LogP contribution in [0.15, 0.2) is 72.8 Å². The molecule has 0 fully saturated rings. The zero-order chi connectivity index (χ0) is 23.1. The van der Waals surface area contributed by atoms with Gasteiger partial charge in [0.1, 0.15) is 5.75 Å². The van der Waals surface area contributed by atoms with Crippen LogP contribution in [0, 0.1) is 0 Å². The number of amides is 3. The molecule has 0 heterocycles. The molecule has 3 aromatic carbocycles. The smallest absolute Gasteiger partial charge is 0.323 e. The number of carbonyl (C=O) groups is 2. The molecule has 3 rings (SSSR count). The van der Waals surface area contributed by atoms with Gasteiger partial charge in [0.05, 0.1) is 24.4 Å². The van der Waals surface area contributed by atoms with Gasteiger partial charge in [0.25, 0.3) is 5.91 Å². The normalized spacial score (nSPS) is 11.2. The van der Waals surface area contributed by atoms with Crippen molar-refractivity contribution >= 4 is 29.0 Å². The number of rotatable bonds is 7. The average Bonchev–Trinajstić information content (AvgIpc) is 2.79. The highest BCUT2D eigenvalue weighted by Crippen LogP contribution is 2.26. The van der Waals surface area contributed by atoms with E-state index in [9.17, 15) is 9.59 Å². The van der Waals surface area contributed by atoms with Crippen LogP contribution in [-0.4, -0.2) is 33.1 Å². The summed E-state index contributed by atoms with van der Waals surface area (Å²) in [5.41, 5.74) is 3.27. The maximum absolute atomic E-state index is 13.1. The largest absolute Gasteiger partial charge is 0.495 e. The fourth-order valence-corrected chi connectivity index (χ4v) is 3.32. The maximum Gasteiger partial charge on any atom is 0.323 e. The van der Waals surface area contributed by atoms with Crippen LogP contribution in [0.3, 0.4) is 0 Å². The lowest BCUT2D eigenvalue weighted by molar-refractivity contribution is 0.0940. The second-order valence-corrected chi connectivity index (χ2v) is 7.51. The summed E-state index contributed by atoms with van der Waals surface area (Å²) in [5.74, 6) is 0.333. The molecule has 7 nitrogen and oxygen atoms in total. The van der Waals surface area contributed by atoms with Gasteiger partial charge in [-0.3, -0.25) is 4.79 Å². The summed E-state index contributed by atoms with van der Waals surface area (Å²) in [6.45, 7) is 1.94. The number of nitrogens with one attached hydrogen (secondary N) is 3. The lowest BCUT2D eigenvalue weighted by atomic mass is 10.1. The van der Waals surface area contributed by atoms with E-state index in [0.717, 1.165) is 11.3 Å². The molecule has 166 valence electrons. The van der Waals surface area contributed by atoms with Gasteiger partial charge in [-0.15, -0.1) is 0 Å². The van der Waals surface area contributed by atoms with Crippen molar-refractivity contribution in [3.8, 4) is 5.75 Å². The summed E-state index contributed by atoms with van der Waals surface area (Å²) < 4.78 is 5.26. The van der Waals surface area contributed by atoms with E-state index < -0.39 is 6.03 Å². The Morgan fingerprint density at radius 1 is 0.906 bits per heavy atom. The molecular formula is C25H28N4O3. The fourth-order valence-electron chi connectivity index (χ4n) is 3.32. The van der Waals surface area contributed by atoms with Crippen molar-refractivity contribution in [3.05, 3.63) is 83.9 Å². The lowest BCUT2D eigenvalue weighted by Crippen LogP contribution is -2.28. The predicted molar refractivity (Wildman–Crippen MR) is 129 cm³/mol. The number of hydrogen-bond acceptors (Lipinski definition) is 4. The molecule has 3 amide bonds. The molecule has 0 saturated carbocycles. The van der Waals surface area contributed by atoms with Gasteiger partial charge in [-0.05, 0) is 42.8 Å². The summed E-state index contributed by atoms with van der Waals surface area (Å²) in [5, 5.41) is 8.58. The van der Waals surface area contributed by atoms with Crippen LogP contribution in [0.25, 0.3) is 0 Å². The van der Waals surface area contributed by atoms with Gasteiger partial charge >= 0.3 is 6.03 Å². The first-order valence-corrected chi connectivity index (χ1v) is 10.3. The number of nitrogens with zero attached hydrogens (tertiary/aromatic N) is 1.